The van der Waals surface area contributed by atoms with Crippen molar-refractivity contribution in [1.29, 1.82) is 0 Å². The summed E-state index contributed by atoms with van der Waals surface area (Å²) < 4.78 is 41.1. The molecule has 1 N–H and O–H groups in total. The van der Waals surface area contributed by atoms with Crippen LogP contribution in [0.2, 0.25) is 0 Å². The number of carbonyl (C=O) groups excluding carboxylic acids is 1. The van der Waals surface area contributed by atoms with E-state index in [1.54, 1.807) is 12.3 Å². The molecule has 1 amide bonds. The highest BCUT2D eigenvalue weighted by Crippen LogP contribution is 2.36. The molecule has 0 atom stereocenters. The van der Waals surface area contributed by atoms with Crippen LogP contribution in [0.25, 0.3) is 5.65 Å². The van der Waals surface area contributed by atoms with E-state index in [2.05, 4.69) is 15.4 Å². The van der Waals surface area contributed by atoms with Crippen LogP contribution in [0.1, 0.15) is 35.2 Å². The molecule has 0 saturated carbocycles. The second-order valence-electron chi connectivity index (χ2n) is 6.68. The number of anilines is 2. The average molecular weight is 389 g/mol. The topological polar surface area (TPSA) is 62.5 Å². The summed E-state index contributed by atoms with van der Waals surface area (Å²) in [7, 11) is 0. The van der Waals surface area contributed by atoms with Crippen molar-refractivity contribution < 1.29 is 18.0 Å². The van der Waals surface area contributed by atoms with Crippen molar-refractivity contribution in [2.24, 2.45) is 0 Å². The second kappa shape index (κ2) is 7.14. The third-order valence-corrected chi connectivity index (χ3v) is 4.79. The molecule has 9 heteroatoms. The number of piperidine rings is 1. The number of amides is 1. The van der Waals surface area contributed by atoms with Gasteiger partial charge in [-0.3, -0.25) is 4.79 Å². The summed E-state index contributed by atoms with van der Waals surface area (Å²) >= 11 is 0. The molecular weight excluding hydrogens is 371 g/mol. The van der Waals surface area contributed by atoms with Crippen molar-refractivity contribution in [2.75, 3.05) is 23.3 Å². The molecule has 0 radical (unpaired) electrons. The Balaban J connectivity index is 1.70. The van der Waals surface area contributed by atoms with E-state index in [4.69, 9.17) is 0 Å². The van der Waals surface area contributed by atoms with Gasteiger partial charge in [-0.05, 0) is 43.5 Å². The third-order valence-electron chi connectivity index (χ3n) is 4.79. The van der Waals surface area contributed by atoms with Gasteiger partial charge in [-0.2, -0.15) is 18.3 Å². The molecule has 0 aliphatic carbocycles. The summed E-state index contributed by atoms with van der Waals surface area (Å²) in [5.74, 6) is -0.550. The Morgan fingerprint density at radius 2 is 1.93 bits per heavy atom. The van der Waals surface area contributed by atoms with Crippen LogP contribution < -0.4 is 10.2 Å². The molecule has 0 bridgehead atoms. The Labute approximate surface area is 159 Å². The Morgan fingerprint density at radius 3 is 2.68 bits per heavy atom. The van der Waals surface area contributed by atoms with Gasteiger partial charge in [0.15, 0.2) is 5.65 Å². The first kappa shape index (κ1) is 18.3. The average Bonchev–Trinajstić information content (AvgIpc) is 3.12. The number of alkyl halides is 3. The summed E-state index contributed by atoms with van der Waals surface area (Å²) in [6, 6.07) is 5.14. The number of rotatable bonds is 3. The Kier molecular flexibility index (Phi) is 4.66. The van der Waals surface area contributed by atoms with E-state index < -0.39 is 17.6 Å². The van der Waals surface area contributed by atoms with E-state index in [-0.39, 0.29) is 11.3 Å². The molecule has 3 aromatic rings. The molecule has 1 aromatic carbocycles. The normalized spacial score (nSPS) is 15.0. The molecular formula is C19H18F3N5O. The van der Waals surface area contributed by atoms with E-state index in [1.807, 2.05) is 4.90 Å². The van der Waals surface area contributed by atoms with Crippen molar-refractivity contribution in [3.63, 3.8) is 0 Å². The van der Waals surface area contributed by atoms with Crippen LogP contribution in [0.4, 0.5) is 24.5 Å². The van der Waals surface area contributed by atoms with Gasteiger partial charge in [-0.15, -0.1) is 0 Å². The fourth-order valence-corrected chi connectivity index (χ4v) is 3.40. The molecule has 146 valence electrons. The van der Waals surface area contributed by atoms with E-state index in [9.17, 15) is 18.0 Å². The lowest BCUT2D eigenvalue weighted by Gasteiger charge is -2.31. The zero-order valence-corrected chi connectivity index (χ0v) is 14.9. The highest BCUT2D eigenvalue weighted by molar-refractivity contribution is 6.09. The minimum Gasteiger partial charge on any atom is -0.370 e. The van der Waals surface area contributed by atoms with E-state index in [0.717, 1.165) is 44.5 Å². The van der Waals surface area contributed by atoms with Crippen molar-refractivity contribution in [2.45, 2.75) is 25.4 Å². The molecule has 6 nitrogen and oxygen atoms in total. The number of carbonyl (C=O) groups is 1. The minimum atomic E-state index is -4.49. The number of benzene rings is 1. The van der Waals surface area contributed by atoms with Gasteiger partial charge in [-0.25, -0.2) is 9.50 Å². The molecule has 1 aliphatic rings. The molecule has 4 rings (SSSR count). The van der Waals surface area contributed by atoms with Crippen LogP contribution in [-0.4, -0.2) is 33.6 Å². The Bertz CT molecular complexity index is 1010. The summed E-state index contributed by atoms with van der Waals surface area (Å²) in [6.45, 7) is 1.49. The lowest BCUT2D eigenvalue weighted by Crippen LogP contribution is -2.30. The lowest BCUT2D eigenvalue weighted by molar-refractivity contribution is -0.137. The predicted octanol–water partition coefficient (Wildman–Crippen LogP) is 3.99. The summed E-state index contributed by atoms with van der Waals surface area (Å²) in [6.07, 6.45) is 3.04. The molecule has 0 unspecified atom stereocenters. The van der Waals surface area contributed by atoms with Gasteiger partial charge in [0.2, 0.25) is 0 Å². The fraction of sp³-hybridized carbons (Fsp3) is 0.316. The summed E-state index contributed by atoms with van der Waals surface area (Å²) in [5.41, 5.74) is 0.457. The minimum absolute atomic E-state index is 0.136. The zero-order valence-electron chi connectivity index (χ0n) is 14.9. The fourth-order valence-electron chi connectivity index (χ4n) is 3.40. The Morgan fingerprint density at radius 1 is 1.14 bits per heavy atom. The number of hydrogen-bond acceptors (Lipinski definition) is 4. The molecule has 1 aliphatic heterocycles. The summed E-state index contributed by atoms with van der Waals surface area (Å²) in [5, 5.41) is 6.69. The molecule has 1 saturated heterocycles. The first-order valence-corrected chi connectivity index (χ1v) is 8.99. The van der Waals surface area contributed by atoms with Crippen LogP contribution in [0.3, 0.4) is 0 Å². The molecule has 3 heterocycles. The van der Waals surface area contributed by atoms with E-state index in [0.29, 0.717) is 11.3 Å². The maximum absolute atomic E-state index is 13.2. The maximum Gasteiger partial charge on any atom is 0.416 e. The maximum atomic E-state index is 13.2. The number of aromatic nitrogens is 3. The number of fused-ring (bicyclic) bond motifs is 1. The Hall–Kier alpha value is -3.10. The first-order chi connectivity index (χ1) is 13.4. The van der Waals surface area contributed by atoms with Gasteiger partial charge >= 0.3 is 6.18 Å². The quantitative estimate of drug-likeness (QED) is 0.736. The van der Waals surface area contributed by atoms with Gasteiger partial charge in [0, 0.05) is 25.5 Å². The van der Waals surface area contributed by atoms with Gasteiger partial charge < -0.3 is 10.2 Å². The van der Waals surface area contributed by atoms with Crippen molar-refractivity contribution in [3.8, 4) is 0 Å². The monoisotopic (exact) mass is 389 g/mol. The highest BCUT2D eigenvalue weighted by Gasteiger charge is 2.32. The number of halogens is 3. The number of hydrogen-bond donors (Lipinski definition) is 1. The summed E-state index contributed by atoms with van der Waals surface area (Å²) in [4.78, 5) is 18.9. The van der Waals surface area contributed by atoms with Crippen LogP contribution in [0.15, 0.2) is 42.9 Å². The largest absolute Gasteiger partial charge is 0.416 e. The van der Waals surface area contributed by atoms with Crippen LogP contribution in [0, 0.1) is 0 Å². The predicted molar refractivity (Wildman–Crippen MR) is 98.4 cm³/mol. The number of nitrogens with one attached hydrogen (secondary N) is 1. The van der Waals surface area contributed by atoms with Crippen molar-refractivity contribution in [1.82, 2.24) is 14.6 Å². The smallest absolute Gasteiger partial charge is 0.370 e. The van der Waals surface area contributed by atoms with Gasteiger partial charge in [-0.1, -0.05) is 0 Å². The van der Waals surface area contributed by atoms with Crippen molar-refractivity contribution in [3.05, 3.63) is 54.0 Å². The standard InChI is InChI=1S/C19H18F3N5O/c20-19(21,22)13-5-6-16(26-8-2-1-3-9-26)15(11-13)25-18(28)14-12-24-27-10-4-7-23-17(14)27/h4-7,10-12H,1-3,8-9H2,(H,25,28). The van der Waals surface area contributed by atoms with E-state index in [1.165, 1.54) is 23.0 Å². The van der Waals surface area contributed by atoms with Crippen molar-refractivity contribution >= 4 is 22.9 Å². The van der Waals surface area contributed by atoms with Gasteiger partial charge in [0.25, 0.3) is 5.91 Å². The molecule has 1 fully saturated rings. The molecule has 2 aromatic heterocycles. The lowest BCUT2D eigenvalue weighted by atomic mass is 10.1. The second-order valence-corrected chi connectivity index (χ2v) is 6.68. The third kappa shape index (κ3) is 3.51. The molecule has 0 spiro atoms. The zero-order chi connectivity index (χ0) is 19.7. The van der Waals surface area contributed by atoms with Crippen LogP contribution in [-0.2, 0) is 6.18 Å². The number of nitrogens with zero attached hydrogens (tertiary/aromatic N) is 4. The van der Waals surface area contributed by atoms with Crippen LogP contribution in [0.5, 0.6) is 0 Å². The van der Waals surface area contributed by atoms with Gasteiger partial charge in [0.05, 0.1) is 23.1 Å². The SMILES string of the molecule is O=C(Nc1cc(C(F)(F)F)ccc1N1CCCCC1)c1cnn2cccnc12. The van der Waals surface area contributed by atoms with E-state index >= 15 is 0 Å². The van der Waals surface area contributed by atoms with Crippen LogP contribution >= 0.6 is 0 Å². The highest BCUT2D eigenvalue weighted by atomic mass is 19.4. The van der Waals surface area contributed by atoms with Gasteiger partial charge in [0.1, 0.15) is 5.56 Å². The first-order valence-electron chi connectivity index (χ1n) is 8.99. The molecule has 28 heavy (non-hydrogen) atoms.